The fourth-order valence-electron chi connectivity index (χ4n) is 1.49. The van der Waals surface area contributed by atoms with Crippen LogP contribution in [0.2, 0.25) is 0 Å². The van der Waals surface area contributed by atoms with Gasteiger partial charge in [-0.15, -0.1) is 0 Å². The SMILES string of the molecule is Cc1nccn1CC(=O)c1ccn(C)c1. The van der Waals surface area contributed by atoms with E-state index in [1.54, 1.807) is 6.20 Å². The van der Waals surface area contributed by atoms with Crippen LogP contribution >= 0.6 is 0 Å². The first-order chi connectivity index (χ1) is 7.16. The van der Waals surface area contributed by atoms with Crippen LogP contribution in [0.3, 0.4) is 0 Å². The number of nitrogens with zero attached hydrogens (tertiary/aromatic N) is 3. The average molecular weight is 203 g/mol. The van der Waals surface area contributed by atoms with E-state index in [1.807, 2.05) is 47.8 Å². The Labute approximate surface area is 88.2 Å². The maximum atomic E-state index is 11.8. The molecule has 0 fully saturated rings. The maximum absolute atomic E-state index is 11.8. The second kappa shape index (κ2) is 3.73. The quantitative estimate of drug-likeness (QED) is 0.708. The predicted octanol–water partition coefficient (Wildman–Crippen LogP) is 1.41. The van der Waals surface area contributed by atoms with Gasteiger partial charge in [-0.3, -0.25) is 4.79 Å². The summed E-state index contributed by atoms with van der Waals surface area (Å²) in [4.78, 5) is 15.9. The molecule has 15 heavy (non-hydrogen) atoms. The minimum atomic E-state index is 0.108. The van der Waals surface area contributed by atoms with Crippen LogP contribution in [0.15, 0.2) is 30.9 Å². The van der Waals surface area contributed by atoms with Crippen molar-refractivity contribution in [2.45, 2.75) is 13.5 Å². The lowest BCUT2D eigenvalue weighted by molar-refractivity contribution is 0.0971. The monoisotopic (exact) mass is 203 g/mol. The Bertz CT molecular complexity index is 481. The molecule has 0 spiro atoms. The van der Waals surface area contributed by atoms with Gasteiger partial charge in [-0.1, -0.05) is 0 Å². The molecular formula is C11H13N3O. The number of aromatic nitrogens is 3. The van der Waals surface area contributed by atoms with Crippen LogP contribution in [0.25, 0.3) is 0 Å². The molecule has 4 nitrogen and oxygen atoms in total. The molecule has 0 amide bonds. The molecule has 0 aliphatic rings. The summed E-state index contributed by atoms with van der Waals surface area (Å²) in [6.45, 7) is 2.24. The highest BCUT2D eigenvalue weighted by Crippen LogP contribution is 2.04. The zero-order valence-corrected chi connectivity index (χ0v) is 8.84. The summed E-state index contributed by atoms with van der Waals surface area (Å²) in [6, 6.07) is 1.83. The van der Waals surface area contributed by atoms with Crippen LogP contribution in [0, 0.1) is 6.92 Å². The molecular weight excluding hydrogens is 190 g/mol. The molecule has 0 aliphatic heterocycles. The number of Topliss-reactive ketones (excluding diaryl/α,β-unsaturated/α-hetero) is 1. The number of aryl methyl sites for hydroxylation is 2. The second-order valence-electron chi connectivity index (χ2n) is 3.59. The van der Waals surface area contributed by atoms with E-state index in [2.05, 4.69) is 4.98 Å². The Morgan fingerprint density at radius 1 is 1.47 bits per heavy atom. The maximum Gasteiger partial charge on any atom is 0.184 e. The van der Waals surface area contributed by atoms with Gasteiger partial charge in [-0.05, 0) is 13.0 Å². The third-order valence-electron chi connectivity index (χ3n) is 2.39. The number of rotatable bonds is 3. The molecule has 0 N–H and O–H groups in total. The van der Waals surface area contributed by atoms with Crippen molar-refractivity contribution in [3.8, 4) is 0 Å². The molecule has 2 aromatic heterocycles. The van der Waals surface area contributed by atoms with Crippen molar-refractivity contribution in [3.05, 3.63) is 42.2 Å². The first-order valence-electron chi connectivity index (χ1n) is 4.80. The second-order valence-corrected chi connectivity index (χ2v) is 3.59. The van der Waals surface area contributed by atoms with Gasteiger partial charge in [0.15, 0.2) is 5.78 Å². The lowest BCUT2D eigenvalue weighted by atomic mass is 10.2. The number of carbonyl (C=O) groups is 1. The Morgan fingerprint density at radius 2 is 2.27 bits per heavy atom. The fourth-order valence-corrected chi connectivity index (χ4v) is 1.49. The van der Waals surface area contributed by atoms with Crippen molar-refractivity contribution in [2.75, 3.05) is 0 Å². The van der Waals surface area contributed by atoms with Gasteiger partial charge in [-0.25, -0.2) is 4.98 Å². The van der Waals surface area contributed by atoms with Crippen molar-refractivity contribution in [1.82, 2.24) is 14.1 Å². The third kappa shape index (κ3) is 1.98. The Morgan fingerprint density at radius 3 is 2.80 bits per heavy atom. The Hall–Kier alpha value is -1.84. The van der Waals surface area contributed by atoms with E-state index in [-0.39, 0.29) is 5.78 Å². The van der Waals surface area contributed by atoms with Crippen LogP contribution in [-0.4, -0.2) is 19.9 Å². The number of imidazole rings is 1. The van der Waals surface area contributed by atoms with E-state index < -0.39 is 0 Å². The smallest absolute Gasteiger partial charge is 0.184 e. The molecule has 2 rings (SSSR count). The average Bonchev–Trinajstić information content (AvgIpc) is 2.77. The van der Waals surface area contributed by atoms with Crippen LogP contribution in [0.5, 0.6) is 0 Å². The Balaban J connectivity index is 2.14. The van der Waals surface area contributed by atoms with Crippen LogP contribution in [0.1, 0.15) is 16.2 Å². The van der Waals surface area contributed by atoms with Crippen LogP contribution in [-0.2, 0) is 13.6 Å². The number of hydrogen-bond acceptors (Lipinski definition) is 2. The lowest BCUT2D eigenvalue weighted by Gasteiger charge is -2.02. The minimum absolute atomic E-state index is 0.108. The van der Waals surface area contributed by atoms with E-state index in [9.17, 15) is 4.79 Å². The molecule has 4 heteroatoms. The summed E-state index contributed by atoms with van der Waals surface area (Å²) < 4.78 is 3.71. The zero-order valence-electron chi connectivity index (χ0n) is 8.84. The molecule has 0 saturated heterocycles. The fraction of sp³-hybridized carbons (Fsp3) is 0.273. The Kier molecular flexibility index (Phi) is 2.41. The van der Waals surface area contributed by atoms with Gasteiger partial charge in [0.05, 0.1) is 6.54 Å². The molecule has 0 bridgehead atoms. The van der Waals surface area contributed by atoms with Gasteiger partial charge in [0.2, 0.25) is 0 Å². The van der Waals surface area contributed by atoms with Crippen molar-refractivity contribution in [3.63, 3.8) is 0 Å². The summed E-state index contributed by atoms with van der Waals surface area (Å²) >= 11 is 0. The molecule has 2 heterocycles. The molecule has 0 atom stereocenters. The molecule has 0 unspecified atom stereocenters. The van der Waals surface area contributed by atoms with Gasteiger partial charge in [-0.2, -0.15) is 0 Å². The highest BCUT2D eigenvalue weighted by Gasteiger charge is 2.08. The molecule has 0 radical (unpaired) electrons. The van der Waals surface area contributed by atoms with E-state index in [1.165, 1.54) is 0 Å². The van der Waals surface area contributed by atoms with Gasteiger partial charge in [0.25, 0.3) is 0 Å². The first-order valence-corrected chi connectivity index (χ1v) is 4.80. The summed E-state index contributed by atoms with van der Waals surface area (Å²) in [5.41, 5.74) is 0.741. The zero-order chi connectivity index (χ0) is 10.8. The van der Waals surface area contributed by atoms with Crippen molar-refractivity contribution in [2.24, 2.45) is 7.05 Å². The predicted molar refractivity (Wildman–Crippen MR) is 56.7 cm³/mol. The number of ketones is 1. The molecule has 78 valence electrons. The van der Waals surface area contributed by atoms with Crippen molar-refractivity contribution in [1.29, 1.82) is 0 Å². The largest absolute Gasteiger partial charge is 0.357 e. The van der Waals surface area contributed by atoms with Crippen molar-refractivity contribution >= 4 is 5.78 Å². The van der Waals surface area contributed by atoms with Gasteiger partial charge in [0, 0.05) is 37.4 Å². The van der Waals surface area contributed by atoms with E-state index >= 15 is 0 Å². The van der Waals surface area contributed by atoms with Gasteiger partial charge < -0.3 is 9.13 Å². The summed E-state index contributed by atoms with van der Waals surface area (Å²) in [7, 11) is 1.90. The lowest BCUT2D eigenvalue weighted by Crippen LogP contribution is -2.10. The topological polar surface area (TPSA) is 39.8 Å². The normalized spacial score (nSPS) is 10.5. The molecule has 0 aromatic carbocycles. The molecule has 0 aliphatic carbocycles. The van der Waals surface area contributed by atoms with Crippen LogP contribution < -0.4 is 0 Å². The van der Waals surface area contributed by atoms with E-state index in [0.29, 0.717) is 6.54 Å². The van der Waals surface area contributed by atoms with E-state index in [4.69, 9.17) is 0 Å². The van der Waals surface area contributed by atoms with Gasteiger partial charge in [0.1, 0.15) is 5.82 Å². The summed E-state index contributed by atoms with van der Waals surface area (Å²) in [5.74, 6) is 0.969. The highest BCUT2D eigenvalue weighted by molar-refractivity contribution is 5.95. The van der Waals surface area contributed by atoms with E-state index in [0.717, 1.165) is 11.4 Å². The highest BCUT2D eigenvalue weighted by atomic mass is 16.1. The molecule has 0 saturated carbocycles. The van der Waals surface area contributed by atoms with Crippen LogP contribution in [0.4, 0.5) is 0 Å². The third-order valence-corrected chi connectivity index (χ3v) is 2.39. The molecule has 2 aromatic rings. The summed E-state index contributed by atoms with van der Waals surface area (Å²) in [6.07, 6.45) is 7.21. The number of carbonyl (C=O) groups excluding carboxylic acids is 1. The standard InChI is InChI=1S/C11H13N3O/c1-9-12-4-6-14(9)8-11(15)10-3-5-13(2)7-10/h3-7H,8H2,1-2H3. The minimum Gasteiger partial charge on any atom is -0.357 e. The summed E-state index contributed by atoms with van der Waals surface area (Å²) in [5, 5.41) is 0. The number of hydrogen-bond donors (Lipinski definition) is 0. The van der Waals surface area contributed by atoms with Crippen molar-refractivity contribution < 1.29 is 4.79 Å². The first kappa shape index (κ1) is 9.71. The van der Waals surface area contributed by atoms with Gasteiger partial charge >= 0.3 is 0 Å².